The average molecular weight is 445 g/mol. The summed E-state index contributed by atoms with van der Waals surface area (Å²) in [5.74, 6) is 1.79. The molecule has 1 heterocycles. The van der Waals surface area contributed by atoms with Gasteiger partial charge in [0.2, 0.25) is 5.91 Å². The van der Waals surface area contributed by atoms with Crippen LogP contribution in [0.1, 0.15) is 13.8 Å². The first-order valence-electron chi connectivity index (χ1n) is 11.0. The van der Waals surface area contributed by atoms with Crippen molar-refractivity contribution in [2.24, 2.45) is 0 Å². The number of carbonyl (C=O) groups is 1. The predicted molar refractivity (Wildman–Crippen MR) is 123 cm³/mol. The molecule has 0 aliphatic carbocycles. The molecule has 32 heavy (non-hydrogen) atoms. The zero-order valence-electron chi connectivity index (χ0n) is 18.8. The van der Waals surface area contributed by atoms with Gasteiger partial charge in [0.25, 0.3) is 0 Å². The maximum absolute atomic E-state index is 12.5. The number of nitrogens with one attached hydrogen (secondary N) is 1. The van der Waals surface area contributed by atoms with Crippen molar-refractivity contribution in [1.29, 1.82) is 0 Å². The Morgan fingerprint density at radius 2 is 1.69 bits per heavy atom. The molecule has 3 rings (SSSR count). The Balaban J connectivity index is 1.59. The normalized spacial score (nSPS) is 13.5. The lowest BCUT2D eigenvalue weighted by molar-refractivity contribution is -0.120. The monoisotopic (exact) mass is 444 g/mol. The van der Waals surface area contributed by atoms with Gasteiger partial charge in [-0.25, -0.2) is 0 Å². The number of morpholine rings is 1. The van der Waals surface area contributed by atoms with Crippen molar-refractivity contribution in [1.82, 2.24) is 0 Å². The van der Waals surface area contributed by atoms with Crippen LogP contribution in [0.15, 0.2) is 42.5 Å². The smallest absolute Gasteiger partial charge is 0.250 e. The highest BCUT2D eigenvalue weighted by molar-refractivity contribution is 5.94. The number of benzene rings is 2. The van der Waals surface area contributed by atoms with E-state index in [2.05, 4.69) is 10.2 Å². The van der Waals surface area contributed by atoms with Crippen molar-refractivity contribution in [3.8, 4) is 17.2 Å². The molecule has 0 spiro atoms. The molecule has 2 aromatic rings. The SMILES string of the molecule is CCOc1cc(N2CCOCC2)c(OCC)cc1NC(=O)COCCOc1ccccc1. The van der Waals surface area contributed by atoms with Crippen molar-refractivity contribution in [3.05, 3.63) is 42.5 Å². The lowest BCUT2D eigenvalue weighted by atomic mass is 10.2. The number of hydrogen-bond acceptors (Lipinski definition) is 7. The molecular formula is C24H32N2O6. The molecule has 1 N–H and O–H groups in total. The fourth-order valence-corrected chi connectivity index (χ4v) is 3.33. The predicted octanol–water partition coefficient (Wildman–Crippen LogP) is 3.35. The molecule has 174 valence electrons. The summed E-state index contributed by atoms with van der Waals surface area (Å²) in [6.07, 6.45) is 0. The van der Waals surface area contributed by atoms with E-state index < -0.39 is 0 Å². The third-order valence-electron chi connectivity index (χ3n) is 4.76. The summed E-state index contributed by atoms with van der Waals surface area (Å²) in [5, 5.41) is 2.88. The largest absolute Gasteiger partial charge is 0.492 e. The molecule has 8 heteroatoms. The van der Waals surface area contributed by atoms with Gasteiger partial charge in [-0.1, -0.05) is 18.2 Å². The van der Waals surface area contributed by atoms with Crippen LogP contribution in [0.25, 0.3) is 0 Å². The molecular weight excluding hydrogens is 412 g/mol. The lowest BCUT2D eigenvalue weighted by Crippen LogP contribution is -2.36. The van der Waals surface area contributed by atoms with Crippen LogP contribution in [-0.4, -0.2) is 65.2 Å². The van der Waals surface area contributed by atoms with Crippen LogP contribution in [0, 0.1) is 0 Å². The van der Waals surface area contributed by atoms with Crippen LogP contribution >= 0.6 is 0 Å². The number of anilines is 2. The number of hydrogen-bond donors (Lipinski definition) is 1. The Kier molecular flexibility index (Phi) is 9.46. The second-order valence-electron chi connectivity index (χ2n) is 7.04. The minimum absolute atomic E-state index is 0.0844. The highest BCUT2D eigenvalue weighted by atomic mass is 16.5. The van der Waals surface area contributed by atoms with Crippen molar-refractivity contribution in [2.75, 3.05) is 69.6 Å². The topological polar surface area (TPSA) is 78.5 Å². The Labute approximate surface area is 189 Å². The summed E-state index contributed by atoms with van der Waals surface area (Å²) >= 11 is 0. The first-order valence-corrected chi connectivity index (χ1v) is 11.0. The Bertz CT molecular complexity index is 840. The van der Waals surface area contributed by atoms with Gasteiger partial charge in [-0.2, -0.15) is 0 Å². The van der Waals surface area contributed by atoms with E-state index >= 15 is 0 Å². The Hall–Kier alpha value is -2.97. The van der Waals surface area contributed by atoms with Gasteiger partial charge < -0.3 is 33.9 Å². The molecule has 8 nitrogen and oxygen atoms in total. The zero-order chi connectivity index (χ0) is 22.6. The van der Waals surface area contributed by atoms with Gasteiger partial charge in [0, 0.05) is 25.2 Å². The summed E-state index contributed by atoms with van der Waals surface area (Å²) in [6, 6.07) is 13.2. The molecule has 1 fully saturated rings. The molecule has 0 unspecified atom stereocenters. The summed E-state index contributed by atoms with van der Waals surface area (Å²) in [7, 11) is 0. The van der Waals surface area contributed by atoms with Crippen LogP contribution in [0.4, 0.5) is 11.4 Å². The molecule has 0 aromatic heterocycles. The van der Waals surface area contributed by atoms with Gasteiger partial charge in [-0.15, -0.1) is 0 Å². The molecule has 1 aliphatic rings. The van der Waals surface area contributed by atoms with Gasteiger partial charge in [0.1, 0.15) is 30.5 Å². The standard InChI is InChI=1S/C24H32N2O6/c1-3-30-22-17-21(26-10-12-28-13-11-26)23(31-4-2)16-20(22)25-24(27)18-29-14-15-32-19-8-6-5-7-9-19/h5-9,16-17H,3-4,10-15,18H2,1-2H3,(H,25,27). The summed E-state index contributed by atoms with van der Waals surface area (Å²) in [5.41, 5.74) is 1.49. The number of ether oxygens (including phenoxy) is 5. The third-order valence-corrected chi connectivity index (χ3v) is 4.76. The van der Waals surface area contributed by atoms with Gasteiger partial charge in [-0.3, -0.25) is 4.79 Å². The fraction of sp³-hybridized carbons (Fsp3) is 0.458. The van der Waals surface area contributed by atoms with E-state index in [1.165, 1.54) is 0 Å². The Morgan fingerprint density at radius 1 is 0.969 bits per heavy atom. The fourth-order valence-electron chi connectivity index (χ4n) is 3.33. The highest BCUT2D eigenvalue weighted by Crippen LogP contribution is 2.39. The van der Waals surface area contributed by atoms with Gasteiger partial charge >= 0.3 is 0 Å². The zero-order valence-corrected chi connectivity index (χ0v) is 18.8. The van der Waals surface area contributed by atoms with Crippen molar-refractivity contribution in [2.45, 2.75) is 13.8 Å². The van der Waals surface area contributed by atoms with Crippen LogP contribution in [0.2, 0.25) is 0 Å². The molecule has 1 saturated heterocycles. The summed E-state index contributed by atoms with van der Waals surface area (Å²) in [6.45, 7) is 8.31. The minimum atomic E-state index is -0.271. The van der Waals surface area contributed by atoms with E-state index in [0.29, 0.717) is 56.8 Å². The maximum Gasteiger partial charge on any atom is 0.250 e. The van der Waals surface area contributed by atoms with E-state index in [4.69, 9.17) is 23.7 Å². The molecule has 0 atom stereocenters. The molecule has 2 aromatic carbocycles. The van der Waals surface area contributed by atoms with Crippen molar-refractivity contribution >= 4 is 17.3 Å². The quantitative estimate of drug-likeness (QED) is 0.503. The third kappa shape index (κ3) is 7.03. The van der Waals surface area contributed by atoms with Crippen LogP contribution in [0.5, 0.6) is 17.2 Å². The highest BCUT2D eigenvalue weighted by Gasteiger charge is 2.20. The van der Waals surface area contributed by atoms with Crippen LogP contribution < -0.4 is 24.4 Å². The van der Waals surface area contributed by atoms with E-state index in [-0.39, 0.29) is 12.5 Å². The minimum Gasteiger partial charge on any atom is -0.492 e. The number of rotatable bonds is 12. The first-order chi connectivity index (χ1) is 15.7. The van der Waals surface area contributed by atoms with E-state index in [1.54, 1.807) is 0 Å². The molecule has 1 amide bonds. The van der Waals surface area contributed by atoms with Gasteiger partial charge in [-0.05, 0) is 26.0 Å². The molecule has 0 bridgehead atoms. The number of nitrogens with zero attached hydrogens (tertiary/aromatic N) is 1. The van der Waals surface area contributed by atoms with E-state index in [9.17, 15) is 4.79 Å². The maximum atomic E-state index is 12.5. The van der Waals surface area contributed by atoms with E-state index in [1.807, 2.05) is 56.3 Å². The summed E-state index contributed by atoms with van der Waals surface area (Å²) < 4.78 is 28.1. The van der Waals surface area contributed by atoms with Crippen LogP contribution in [0.3, 0.4) is 0 Å². The second kappa shape index (κ2) is 12.8. The van der Waals surface area contributed by atoms with Crippen molar-refractivity contribution in [3.63, 3.8) is 0 Å². The summed E-state index contributed by atoms with van der Waals surface area (Å²) in [4.78, 5) is 14.7. The number of amides is 1. The lowest BCUT2D eigenvalue weighted by Gasteiger charge is -2.31. The Morgan fingerprint density at radius 3 is 2.41 bits per heavy atom. The van der Waals surface area contributed by atoms with Gasteiger partial charge in [0.15, 0.2) is 0 Å². The van der Waals surface area contributed by atoms with E-state index in [0.717, 1.165) is 24.5 Å². The number of para-hydroxylation sites is 1. The second-order valence-corrected chi connectivity index (χ2v) is 7.04. The van der Waals surface area contributed by atoms with Crippen LogP contribution in [-0.2, 0) is 14.3 Å². The molecule has 1 aliphatic heterocycles. The molecule has 0 saturated carbocycles. The van der Waals surface area contributed by atoms with Crippen molar-refractivity contribution < 1.29 is 28.5 Å². The first kappa shape index (κ1) is 23.7. The average Bonchev–Trinajstić information content (AvgIpc) is 2.82. The number of carbonyl (C=O) groups excluding carboxylic acids is 1. The molecule has 0 radical (unpaired) electrons. The van der Waals surface area contributed by atoms with Gasteiger partial charge in [0.05, 0.1) is 44.4 Å².